The molecular weight excluding hydrogens is 229 g/mol. The summed E-state index contributed by atoms with van der Waals surface area (Å²) in [6.45, 7) is 7.10. The van der Waals surface area contributed by atoms with Crippen molar-refractivity contribution in [3.05, 3.63) is 35.6 Å². The molecule has 0 amide bonds. The SMILES string of the molecule is CC(C)N1CC[C@@](C)(O)C[C@@H]1c1ccc(F)cc1. The van der Waals surface area contributed by atoms with Crippen molar-refractivity contribution >= 4 is 0 Å². The first-order chi connectivity index (χ1) is 8.39. The van der Waals surface area contributed by atoms with Crippen molar-refractivity contribution in [1.29, 1.82) is 0 Å². The number of aliphatic hydroxyl groups is 1. The van der Waals surface area contributed by atoms with Crippen LogP contribution in [0.3, 0.4) is 0 Å². The molecule has 1 aromatic rings. The van der Waals surface area contributed by atoms with Gasteiger partial charge < -0.3 is 5.11 Å². The Balaban J connectivity index is 2.27. The van der Waals surface area contributed by atoms with Gasteiger partial charge in [-0.1, -0.05) is 12.1 Å². The molecule has 2 atom stereocenters. The molecule has 1 fully saturated rings. The van der Waals surface area contributed by atoms with Crippen LogP contribution in [0, 0.1) is 5.82 Å². The standard InChI is InChI=1S/C15H22FNO/c1-11(2)17-9-8-15(3,18)10-14(17)12-4-6-13(16)7-5-12/h4-7,11,14,18H,8-10H2,1-3H3/t14-,15-/m1/s1. The quantitative estimate of drug-likeness (QED) is 0.873. The maximum atomic E-state index is 13.0. The Morgan fingerprint density at radius 1 is 1.33 bits per heavy atom. The lowest BCUT2D eigenvalue weighted by Crippen LogP contribution is -2.47. The number of halogens is 1. The zero-order chi connectivity index (χ0) is 13.3. The summed E-state index contributed by atoms with van der Waals surface area (Å²) in [6, 6.07) is 7.26. The molecule has 1 aliphatic heterocycles. The highest BCUT2D eigenvalue weighted by Crippen LogP contribution is 2.37. The number of nitrogens with zero attached hydrogens (tertiary/aromatic N) is 1. The molecule has 0 unspecified atom stereocenters. The van der Waals surface area contributed by atoms with E-state index in [1.807, 2.05) is 19.1 Å². The first kappa shape index (κ1) is 13.5. The molecule has 0 aromatic heterocycles. The van der Waals surface area contributed by atoms with E-state index in [2.05, 4.69) is 18.7 Å². The molecule has 2 rings (SSSR count). The fourth-order valence-electron chi connectivity index (χ4n) is 2.77. The zero-order valence-corrected chi connectivity index (χ0v) is 11.4. The third-order valence-corrected chi connectivity index (χ3v) is 3.86. The maximum Gasteiger partial charge on any atom is 0.123 e. The molecule has 0 aliphatic carbocycles. The highest BCUT2D eigenvalue weighted by Gasteiger charge is 2.36. The van der Waals surface area contributed by atoms with Crippen LogP contribution in [-0.2, 0) is 0 Å². The summed E-state index contributed by atoms with van der Waals surface area (Å²) in [5, 5.41) is 10.3. The third kappa shape index (κ3) is 2.90. The van der Waals surface area contributed by atoms with Crippen molar-refractivity contribution in [3.63, 3.8) is 0 Å². The van der Waals surface area contributed by atoms with E-state index in [0.717, 1.165) is 18.5 Å². The van der Waals surface area contributed by atoms with E-state index in [4.69, 9.17) is 0 Å². The lowest BCUT2D eigenvalue weighted by Gasteiger charge is -2.44. The minimum Gasteiger partial charge on any atom is -0.390 e. The summed E-state index contributed by atoms with van der Waals surface area (Å²) in [5.41, 5.74) is 0.467. The highest BCUT2D eigenvalue weighted by atomic mass is 19.1. The van der Waals surface area contributed by atoms with Gasteiger partial charge in [0, 0.05) is 18.6 Å². The number of likely N-dealkylation sites (tertiary alicyclic amines) is 1. The van der Waals surface area contributed by atoms with Gasteiger partial charge in [0.1, 0.15) is 5.82 Å². The Hall–Kier alpha value is -0.930. The van der Waals surface area contributed by atoms with Crippen molar-refractivity contribution in [1.82, 2.24) is 4.90 Å². The van der Waals surface area contributed by atoms with Gasteiger partial charge in [-0.15, -0.1) is 0 Å². The first-order valence-corrected chi connectivity index (χ1v) is 6.63. The van der Waals surface area contributed by atoms with Crippen molar-refractivity contribution in [2.24, 2.45) is 0 Å². The van der Waals surface area contributed by atoms with Gasteiger partial charge in [0.2, 0.25) is 0 Å². The van der Waals surface area contributed by atoms with E-state index in [-0.39, 0.29) is 11.9 Å². The molecule has 1 heterocycles. The van der Waals surface area contributed by atoms with Crippen molar-refractivity contribution in [3.8, 4) is 0 Å². The third-order valence-electron chi connectivity index (χ3n) is 3.86. The van der Waals surface area contributed by atoms with Gasteiger partial charge in [-0.25, -0.2) is 4.39 Å². The van der Waals surface area contributed by atoms with Gasteiger partial charge in [0.25, 0.3) is 0 Å². The van der Waals surface area contributed by atoms with Gasteiger partial charge in [0.05, 0.1) is 5.60 Å². The van der Waals surface area contributed by atoms with E-state index in [1.54, 1.807) is 0 Å². The maximum absolute atomic E-state index is 13.0. The molecule has 0 saturated carbocycles. The van der Waals surface area contributed by atoms with Crippen LogP contribution in [0.2, 0.25) is 0 Å². The number of benzene rings is 1. The Morgan fingerprint density at radius 3 is 2.50 bits per heavy atom. The summed E-state index contributed by atoms with van der Waals surface area (Å²) in [4.78, 5) is 2.38. The Labute approximate surface area is 108 Å². The average Bonchev–Trinajstić information content (AvgIpc) is 2.28. The normalized spacial score (nSPS) is 29.8. The topological polar surface area (TPSA) is 23.5 Å². The molecule has 0 bridgehead atoms. The Bertz CT molecular complexity index is 399. The van der Waals surface area contributed by atoms with Crippen molar-refractivity contribution in [2.75, 3.05) is 6.54 Å². The van der Waals surface area contributed by atoms with Gasteiger partial charge in [-0.05, 0) is 51.3 Å². The molecule has 0 spiro atoms. The van der Waals surface area contributed by atoms with Crippen LogP contribution < -0.4 is 0 Å². The lowest BCUT2D eigenvalue weighted by atomic mass is 9.84. The monoisotopic (exact) mass is 251 g/mol. The largest absolute Gasteiger partial charge is 0.390 e. The molecule has 100 valence electrons. The van der Waals surface area contributed by atoms with Gasteiger partial charge in [0.15, 0.2) is 0 Å². The molecule has 1 saturated heterocycles. The van der Waals surface area contributed by atoms with Crippen LogP contribution in [0.25, 0.3) is 0 Å². The number of hydrogen-bond donors (Lipinski definition) is 1. The smallest absolute Gasteiger partial charge is 0.123 e. The van der Waals surface area contributed by atoms with Gasteiger partial charge >= 0.3 is 0 Å². The molecular formula is C15H22FNO. The van der Waals surface area contributed by atoms with Crippen LogP contribution in [-0.4, -0.2) is 28.2 Å². The van der Waals surface area contributed by atoms with Crippen LogP contribution in [0.1, 0.15) is 45.2 Å². The van der Waals surface area contributed by atoms with Crippen LogP contribution >= 0.6 is 0 Å². The molecule has 1 aliphatic rings. The van der Waals surface area contributed by atoms with E-state index in [1.165, 1.54) is 12.1 Å². The molecule has 3 heteroatoms. The fraction of sp³-hybridized carbons (Fsp3) is 0.600. The van der Waals surface area contributed by atoms with Crippen LogP contribution in [0.4, 0.5) is 4.39 Å². The number of rotatable bonds is 2. The number of hydrogen-bond acceptors (Lipinski definition) is 2. The van der Waals surface area contributed by atoms with Crippen LogP contribution in [0.15, 0.2) is 24.3 Å². The highest BCUT2D eigenvalue weighted by molar-refractivity contribution is 5.21. The average molecular weight is 251 g/mol. The summed E-state index contributed by atoms with van der Waals surface area (Å²) in [6.07, 6.45) is 1.50. The van der Waals surface area contributed by atoms with E-state index >= 15 is 0 Å². The predicted molar refractivity (Wildman–Crippen MR) is 70.8 cm³/mol. The molecule has 1 aromatic carbocycles. The first-order valence-electron chi connectivity index (χ1n) is 6.63. The van der Waals surface area contributed by atoms with Crippen molar-refractivity contribution < 1.29 is 9.50 Å². The van der Waals surface area contributed by atoms with Gasteiger partial charge in [-0.2, -0.15) is 0 Å². The van der Waals surface area contributed by atoms with E-state index in [9.17, 15) is 9.50 Å². The molecule has 18 heavy (non-hydrogen) atoms. The molecule has 0 radical (unpaired) electrons. The zero-order valence-electron chi connectivity index (χ0n) is 11.4. The second-order valence-electron chi connectivity index (χ2n) is 5.85. The van der Waals surface area contributed by atoms with Gasteiger partial charge in [-0.3, -0.25) is 4.90 Å². The Kier molecular flexibility index (Phi) is 3.74. The molecule has 2 nitrogen and oxygen atoms in total. The number of piperidine rings is 1. The summed E-state index contributed by atoms with van der Waals surface area (Å²) < 4.78 is 13.0. The minimum atomic E-state index is -0.621. The summed E-state index contributed by atoms with van der Waals surface area (Å²) in [5.74, 6) is -0.211. The Morgan fingerprint density at radius 2 is 1.94 bits per heavy atom. The molecule has 1 N–H and O–H groups in total. The van der Waals surface area contributed by atoms with E-state index < -0.39 is 5.60 Å². The summed E-state index contributed by atoms with van der Waals surface area (Å²) in [7, 11) is 0. The second kappa shape index (κ2) is 4.98. The second-order valence-corrected chi connectivity index (χ2v) is 5.85. The van der Waals surface area contributed by atoms with Crippen LogP contribution in [0.5, 0.6) is 0 Å². The summed E-state index contributed by atoms with van der Waals surface area (Å²) >= 11 is 0. The predicted octanol–water partition coefficient (Wildman–Crippen LogP) is 3.12. The van der Waals surface area contributed by atoms with Crippen molar-refractivity contribution in [2.45, 2.75) is 51.3 Å². The fourth-order valence-corrected chi connectivity index (χ4v) is 2.77. The van der Waals surface area contributed by atoms with E-state index in [0.29, 0.717) is 12.5 Å². The minimum absolute atomic E-state index is 0.175. The lowest BCUT2D eigenvalue weighted by molar-refractivity contribution is -0.0439.